The van der Waals surface area contributed by atoms with Crippen molar-refractivity contribution in [1.29, 1.82) is 0 Å². The molecule has 0 bridgehead atoms. The van der Waals surface area contributed by atoms with Crippen LogP contribution in [0.25, 0.3) is 98.4 Å². The maximum absolute atomic E-state index is 6.25. The monoisotopic (exact) mass is 734 g/mol. The van der Waals surface area contributed by atoms with Gasteiger partial charge >= 0.3 is 0 Å². The molecule has 0 unspecified atom stereocenters. The van der Waals surface area contributed by atoms with Gasteiger partial charge in [0.15, 0.2) is 0 Å². The molecule has 1 nitrogen and oxygen atoms in total. The van der Waals surface area contributed by atoms with Crippen molar-refractivity contribution in [2.45, 2.75) is 5.41 Å². The maximum Gasteiger partial charge on any atom is 0.135 e. The van der Waals surface area contributed by atoms with Gasteiger partial charge in [0.25, 0.3) is 0 Å². The van der Waals surface area contributed by atoms with Gasteiger partial charge in [-0.2, -0.15) is 0 Å². The number of para-hydroxylation sites is 1. The largest absolute Gasteiger partial charge is 0.456 e. The van der Waals surface area contributed by atoms with E-state index in [0.717, 1.165) is 21.9 Å². The second-order valence-corrected chi connectivity index (χ2v) is 15.9. The molecule has 1 heterocycles. The van der Waals surface area contributed by atoms with Gasteiger partial charge in [0.05, 0.1) is 5.41 Å². The number of benzene rings is 11. The molecule has 13 rings (SSSR count). The molecule has 0 fully saturated rings. The zero-order valence-corrected chi connectivity index (χ0v) is 31.5. The summed E-state index contributed by atoms with van der Waals surface area (Å²) in [7, 11) is 0. The molecule has 58 heavy (non-hydrogen) atoms. The second kappa shape index (κ2) is 11.8. The van der Waals surface area contributed by atoms with Crippen molar-refractivity contribution in [3.05, 3.63) is 229 Å². The van der Waals surface area contributed by atoms with Gasteiger partial charge in [-0.25, -0.2) is 0 Å². The van der Waals surface area contributed by atoms with E-state index in [4.69, 9.17) is 4.42 Å². The molecule has 0 aliphatic heterocycles. The number of rotatable bonds is 4. The van der Waals surface area contributed by atoms with E-state index in [1.54, 1.807) is 0 Å². The van der Waals surface area contributed by atoms with Gasteiger partial charge in [-0.15, -0.1) is 0 Å². The third-order valence-electron chi connectivity index (χ3n) is 13.1. The predicted molar refractivity (Wildman–Crippen MR) is 243 cm³/mol. The van der Waals surface area contributed by atoms with Crippen LogP contribution >= 0.6 is 0 Å². The molecular formula is C57H34O. The lowest BCUT2D eigenvalue weighted by molar-refractivity contribution is 0.669. The fourth-order valence-corrected chi connectivity index (χ4v) is 10.6. The van der Waals surface area contributed by atoms with Crippen LogP contribution in [0.1, 0.15) is 22.3 Å². The molecule has 0 spiro atoms. The molecule has 12 aromatic rings. The summed E-state index contributed by atoms with van der Waals surface area (Å²) in [5.74, 6) is 0. The molecule has 0 N–H and O–H groups in total. The summed E-state index contributed by atoms with van der Waals surface area (Å²) in [6, 6.07) is 76.7. The van der Waals surface area contributed by atoms with Crippen LogP contribution in [-0.4, -0.2) is 0 Å². The van der Waals surface area contributed by atoms with Crippen molar-refractivity contribution >= 4 is 65.0 Å². The second-order valence-electron chi connectivity index (χ2n) is 15.9. The summed E-state index contributed by atoms with van der Waals surface area (Å²) in [6.45, 7) is 0. The number of fused-ring (bicyclic) bond motifs is 7. The molecule has 1 aliphatic rings. The fourth-order valence-electron chi connectivity index (χ4n) is 10.6. The van der Waals surface area contributed by atoms with E-state index in [1.807, 2.05) is 6.07 Å². The van der Waals surface area contributed by atoms with E-state index in [1.165, 1.54) is 98.7 Å². The minimum absolute atomic E-state index is 0.557. The Morgan fingerprint density at radius 1 is 0.293 bits per heavy atom. The highest BCUT2D eigenvalue weighted by molar-refractivity contribution is 6.25. The van der Waals surface area contributed by atoms with Crippen LogP contribution in [0.15, 0.2) is 211 Å². The Balaban J connectivity index is 1.10. The van der Waals surface area contributed by atoms with Crippen LogP contribution in [0, 0.1) is 0 Å². The molecule has 1 heteroatoms. The summed E-state index contributed by atoms with van der Waals surface area (Å²) >= 11 is 0. The Morgan fingerprint density at radius 3 is 1.69 bits per heavy atom. The molecule has 1 aromatic heterocycles. The minimum atomic E-state index is -0.557. The van der Waals surface area contributed by atoms with Gasteiger partial charge in [0, 0.05) is 10.8 Å². The quantitative estimate of drug-likeness (QED) is 0.164. The van der Waals surface area contributed by atoms with Crippen molar-refractivity contribution in [3.8, 4) is 33.4 Å². The summed E-state index contributed by atoms with van der Waals surface area (Å²) in [5, 5.41) is 12.6. The lowest BCUT2D eigenvalue weighted by Crippen LogP contribution is -2.28. The molecular weight excluding hydrogens is 701 g/mol. The van der Waals surface area contributed by atoms with Crippen LogP contribution < -0.4 is 0 Å². The third kappa shape index (κ3) is 4.25. The third-order valence-corrected chi connectivity index (χ3v) is 13.1. The molecule has 268 valence electrons. The van der Waals surface area contributed by atoms with Gasteiger partial charge < -0.3 is 4.42 Å². The van der Waals surface area contributed by atoms with Crippen LogP contribution in [0.2, 0.25) is 0 Å². The molecule has 11 aromatic carbocycles. The first-order valence-electron chi connectivity index (χ1n) is 20.2. The molecule has 0 radical (unpaired) electrons. The van der Waals surface area contributed by atoms with Gasteiger partial charge in [0.1, 0.15) is 11.2 Å². The van der Waals surface area contributed by atoms with E-state index in [-0.39, 0.29) is 0 Å². The lowest BCUT2D eigenvalue weighted by atomic mass is 9.67. The Morgan fingerprint density at radius 2 is 0.879 bits per heavy atom. The Hall–Kier alpha value is -7.48. The van der Waals surface area contributed by atoms with Gasteiger partial charge in [-0.1, -0.05) is 170 Å². The van der Waals surface area contributed by atoms with Crippen molar-refractivity contribution in [1.82, 2.24) is 0 Å². The van der Waals surface area contributed by atoms with Crippen molar-refractivity contribution in [2.24, 2.45) is 0 Å². The normalized spacial score (nSPS) is 13.3. The van der Waals surface area contributed by atoms with Crippen LogP contribution in [-0.2, 0) is 5.41 Å². The summed E-state index contributed by atoms with van der Waals surface area (Å²) < 4.78 is 6.25. The first kappa shape index (κ1) is 31.7. The Bertz CT molecular complexity index is 3550. The number of hydrogen-bond acceptors (Lipinski definition) is 1. The zero-order valence-electron chi connectivity index (χ0n) is 31.5. The Kier molecular flexibility index (Phi) is 6.43. The highest BCUT2D eigenvalue weighted by Crippen LogP contribution is 2.58. The van der Waals surface area contributed by atoms with Gasteiger partial charge in [-0.05, 0) is 135 Å². The highest BCUT2D eigenvalue weighted by Gasteiger charge is 2.46. The van der Waals surface area contributed by atoms with Crippen LogP contribution in [0.3, 0.4) is 0 Å². The van der Waals surface area contributed by atoms with Crippen LogP contribution in [0.5, 0.6) is 0 Å². The van der Waals surface area contributed by atoms with Gasteiger partial charge in [-0.3, -0.25) is 0 Å². The molecule has 0 atom stereocenters. The maximum atomic E-state index is 6.25. The average molecular weight is 735 g/mol. The zero-order chi connectivity index (χ0) is 38.0. The van der Waals surface area contributed by atoms with E-state index in [2.05, 4.69) is 200 Å². The van der Waals surface area contributed by atoms with Crippen molar-refractivity contribution in [3.63, 3.8) is 0 Å². The van der Waals surface area contributed by atoms with E-state index in [9.17, 15) is 0 Å². The van der Waals surface area contributed by atoms with E-state index >= 15 is 0 Å². The molecule has 1 aliphatic carbocycles. The fraction of sp³-hybridized carbons (Fsp3) is 0.0175. The minimum Gasteiger partial charge on any atom is -0.456 e. The lowest BCUT2D eigenvalue weighted by Gasteiger charge is -2.34. The van der Waals surface area contributed by atoms with Crippen molar-refractivity contribution < 1.29 is 4.42 Å². The first-order valence-corrected chi connectivity index (χ1v) is 20.2. The predicted octanol–water partition coefficient (Wildman–Crippen LogP) is 15.3. The highest BCUT2D eigenvalue weighted by atomic mass is 16.3. The summed E-state index contributed by atoms with van der Waals surface area (Å²) in [5.41, 5.74) is 13.9. The molecule has 0 amide bonds. The standard InChI is InChI=1S/C57H34O/c1-3-14-41(15-4-1)57(42-16-5-2-6-17-42)51-33-40(44-27-23-37-22-21-35-11-9-12-36-24-29-47(44)56(37)55(35)36)25-28-45(51)49-31-38-13-10-19-43(48(38)34-52(49)57)39-26-30-54-50(32-39)46-18-7-8-20-53(46)58-54/h1-34H. The summed E-state index contributed by atoms with van der Waals surface area (Å²) in [4.78, 5) is 0. The van der Waals surface area contributed by atoms with Crippen LogP contribution in [0.4, 0.5) is 0 Å². The molecule has 0 saturated heterocycles. The Labute approximate surface area is 335 Å². The SMILES string of the molecule is c1ccc(C2(c3ccccc3)c3cc(-c4ccc5ccc6cccc7ccc4c5c67)ccc3-c3cc4cccc(-c5ccc6oc7ccccc7c6c5)c4cc32)cc1. The van der Waals surface area contributed by atoms with E-state index in [0.29, 0.717) is 0 Å². The topological polar surface area (TPSA) is 13.1 Å². The van der Waals surface area contributed by atoms with E-state index < -0.39 is 5.41 Å². The summed E-state index contributed by atoms with van der Waals surface area (Å²) in [6.07, 6.45) is 0. The average Bonchev–Trinajstić information content (AvgIpc) is 3.80. The first-order chi connectivity index (χ1) is 28.7. The van der Waals surface area contributed by atoms with Crippen molar-refractivity contribution in [2.75, 3.05) is 0 Å². The number of furan rings is 1. The molecule has 0 saturated carbocycles. The van der Waals surface area contributed by atoms with Gasteiger partial charge in [0.2, 0.25) is 0 Å². The number of hydrogen-bond donors (Lipinski definition) is 0. The smallest absolute Gasteiger partial charge is 0.135 e.